The van der Waals surface area contributed by atoms with Crippen LogP contribution in [0.5, 0.6) is 17.2 Å². The smallest absolute Gasteiger partial charge is 0.407 e. The minimum absolute atomic E-state index is 0.0850. The van der Waals surface area contributed by atoms with Crippen LogP contribution < -0.4 is 14.8 Å². The zero-order chi connectivity index (χ0) is 25.9. The number of carbonyl (C=O) groups is 1. The van der Waals surface area contributed by atoms with Crippen LogP contribution in [-0.2, 0) is 10.2 Å². The van der Waals surface area contributed by atoms with Crippen molar-refractivity contribution in [1.29, 1.82) is 0 Å². The Morgan fingerprint density at radius 2 is 1.50 bits per heavy atom. The first-order valence-corrected chi connectivity index (χ1v) is 12.4. The number of rotatable bonds is 7. The first kappa shape index (κ1) is 25.8. The minimum Gasteiger partial charge on any atom is -0.490 e. The zero-order valence-electron chi connectivity index (χ0n) is 21.2. The van der Waals surface area contributed by atoms with Gasteiger partial charge in [0.25, 0.3) is 0 Å². The molecule has 1 amide bonds. The predicted molar refractivity (Wildman–Crippen MR) is 139 cm³/mol. The highest BCUT2D eigenvalue weighted by Crippen LogP contribution is 2.35. The van der Waals surface area contributed by atoms with Gasteiger partial charge in [0.15, 0.2) is 10.9 Å². The van der Waals surface area contributed by atoms with Crippen LogP contribution >= 0.6 is 11.6 Å². The van der Waals surface area contributed by atoms with E-state index < -0.39 is 5.60 Å². The lowest BCUT2D eigenvalue weighted by atomic mass is 9.78. The van der Waals surface area contributed by atoms with Crippen molar-refractivity contribution in [3.8, 4) is 17.2 Å². The highest BCUT2D eigenvalue weighted by Gasteiger charge is 2.33. The summed E-state index contributed by atoms with van der Waals surface area (Å²) in [4.78, 5) is 11.9. The molecule has 0 spiro atoms. The quantitative estimate of drug-likeness (QED) is 0.382. The average molecular weight is 510 g/mol. The van der Waals surface area contributed by atoms with Crippen LogP contribution in [0.2, 0.25) is 5.15 Å². The molecule has 0 atom stereocenters. The topological polar surface area (TPSA) is 82.6 Å². The number of carbonyl (C=O) groups excluding carboxylic acids is 1. The van der Waals surface area contributed by atoms with E-state index in [2.05, 4.69) is 53.6 Å². The number of nitrogens with one attached hydrogen (secondary N) is 1. The van der Waals surface area contributed by atoms with Gasteiger partial charge in [-0.1, -0.05) is 49.7 Å². The molecule has 1 aliphatic carbocycles. The highest BCUT2D eigenvalue weighted by atomic mass is 35.5. The Hall–Kier alpha value is -3.32. The number of aromatic nitrogens is 2. The number of hydrogen-bond acceptors (Lipinski definition) is 6. The summed E-state index contributed by atoms with van der Waals surface area (Å²) in [7, 11) is 0. The van der Waals surface area contributed by atoms with Gasteiger partial charge in [0.05, 0.1) is 6.20 Å². The van der Waals surface area contributed by atoms with Crippen molar-refractivity contribution in [3.05, 3.63) is 77.1 Å². The summed E-state index contributed by atoms with van der Waals surface area (Å²) in [5.74, 6) is 2.06. The van der Waals surface area contributed by atoms with E-state index in [-0.39, 0.29) is 28.8 Å². The third-order valence-electron chi connectivity index (χ3n) is 6.11. The van der Waals surface area contributed by atoms with Gasteiger partial charge in [0.1, 0.15) is 23.2 Å². The molecule has 2 aromatic carbocycles. The van der Waals surface area contributed by atoms with Crippen LogP contribution in [0, 0.1) is 0 Å². The summed E-state index contributed by atoms with van der Waals surface area (Å²) >= 11 is 5.88. The Kier molecular flexibility index (Phi) is 7.41. The van der Waals surface area contributed by atoms with Crippen molar-refractivity contribution in [1.82, 2.24) is 15.5 Å². The molecule has 1 aromatic heterocycles. The van der Waals surface area contributed by atoms with E-state index >= 15 is 0 Å². The summed E-state index contributed by atoms with van der Waals surface area (Å²) in [6, 6.07) is 17.9. The van der Waals surface area contributed by atoms with E-state index in [4.69, 9.17) is 25.8 Å². The molecule has 0 radical (unpaired) electrons. The van der Waals surface area contributed by atoms with Crippen LogP contribution in [0.15, 0.2) is 60.8 Å². The van der Waals surface area contributed by atoms with Gasteiger partial charge in [-0.15, -0.1) is 5.10 Å². The van der Waals surface area contributed by atoms with E-state index in [0.717, 1.165) is 24.2 Å². The van der Waals surface area contributed by atoms with Gasteiger partial charge in [-0.25, -0.2) is 4.79 Å². The standard InChI is InChI=1S/C28H32ClN3O4/c1-27(2,3)36-26(33)31-20-14-23(15-20)34-21-10-6-18(7-11-21)28(4,5)19-8-12-22(13-9-19)35-24-16-25(29)32-30-17-24/h6-13,16-17,20,23H,14-15H2,1-5H3,(H,31,33). The Bertz CT molecular complexity index is 1180. The monoisotopic (exact) mass is 509 g/mol. The molecule has 36 heavy (non-hydrogen) atoms. The van der Waals surface area contributed by atoms with Crippen LogP contribution in [0.3, 0.4) is 0 Å². The Labute approximate surface area is 217 Å². The number of amides is 1. The van der Waals surface area contributed by atoms with Gasteiger partial charge in [-0.3, -0.25) is 0 Å². The van der Waals surface area contributed by atoms with Crippen molar-refractivity contribution in [2.24, 2.45) is 0 Å². The summed E-state index contributed by atoms with van der Waals surface area (Å²) in [6.07, 6.45) is 2.76. The first-order chi connectivity index (χ1) is 17.0. The second kappa shape index (κ2) is 10.3. The van der Waals surface area contributed by atoms with E-state index in [1.54, 1.807) is 6.07 Å². The molecule has 1 fully saturated rings. The molecule has 0 aliphatic heterocycles. The molecule has 0 saturated heterocycles. The number of benzene rings is 2. The minimum atomic E-state index is -0.498. The molecule has 3 aromatic rings. The Morgan fingerprint density at radius 1 is 0.917 bits per heavy atom. The fourth-order valence-corrected chi connectivity index (χ4v) is 4.17. The molecule has 190 valence electrons. The molecule has 4 rings (SSSR count). The molecule has 8 heteroatoms. The second-order valence-corrected chi connectivity index (χ2v) is 10.9. The lowest BCUT2D eigenvalue weighted by Gasteiger charge is -2.36. The fraction of sp³-hybridized carbons (Fsp3) is 0.393. The van der Waals surface area contributed by atoms with Gasteiger partial charge >= 0.3 is 6.09 Å². The van der Waals surface area contributed by atoms with Crippen molar-refractivity contribution in [3.63, 3.8) is 0 Å². The SMILES string of the molecule is CC(C)(C)OC(=O)NC1CC(Oc2ccc(C(C)(C)c3ccc(Oc4cnnc(Cl)c4)cc3)cc2)C1. The highest BCUT2D eigenvalue weighted by molar-refractivity contribution is 6.29. The fourth-order valence-electron chi connectivity index (χ4n) is 4.02. The lowest BCUT2D eigenvalue weighted by Crippen LogP contribution is -2.50. The number of nitrogens with zero attached hydrogens (tertiary/aromatic N) is 2. The molecule has 0 unspecified atom stereocenters. The van der Waals surface area contributed by atoms with Crippen LogP contribution in [0.25, 0.3) is 0 Å². The van der Waals surface area contributed by atoms with Gasteiger partial charge in [-0.05, 0) is 56.2 Å². The van der Waals surface area contributed by atoms with Gasteiger partial charge in [0, 0.05) is 30.4 Å². The number of alkyl carbamates (subject to hydrolysis) is 1. The summed E-state index contributed by atoms with van der Waals surface area (Å²) < 4.78 is 17.2. The van der Waals surface area contributed by atoms with E-state index in [1.165, 1.54) is 11.8 Å². The third-order valence-corrected chi connectivity index (χ3v) is 6.29. The maximum absolute atomic E-state index is 11.9. The van der Waals surface area contributed by atoms with E-state index in [9.17, 15) is 4.79 Å². The Morgan fingerprint density at radius 3 is 2.06 bits per heavy atom. The predicted octanol–water partition coefficient (Wildman–Crippen LogP) is 6.68. The van der Waals surface area contributed by atoms with Crippen molar-refractivity contribution in [2.75, 3.05) is 0 Å². The van der Waals surface area contributed by atoms with Crippen LogP contribution in [0.1, 0.15) is 58.6 Å². The molecule has 1 N–H and O–H groups in total. The normalized spacial score (nSPS) is 17.6. The number of ether oxygens (including phenoxy) is 3. The third kappa shape index (κ3) is 6.66. The molecule has 1 saturated carbocycles. The molecule has 1 heterocycles. The summed E-state index contributed by atoms with van der Waals surface area (Å²) in [5, 5.41) is 10.7. The van der Waals surface area contributed by atoms with E-state index in [1.807, 2.05) is 45.0 Å². The van der Waals surface area contributed by atoms with Gasteiger partial charge in [0.2, 0.25) is 0 Å². The maximum Gasteiger partial charge on any atom is 0.407 e. The Balaban J connectivity index is 1.30. The first-order valence-electron chi connectivity index (χ1n) is 12.0. The maximum atomic E-state index is 11.9. The van der Waals surface area contributed by atoms with Crippen molar-refractivity contribution >= 4 is 17.7 Å². The molecule has 0 bridgehead atoms. The molecule has 1 aliphatic rings. The summed E-state index contributed by atoms with van der Waals surface area (Å²) in [6.45, 7) is 9.93. The van der Waals surface area contributed by atoms with Crippen molar-refractivity contribution in [2.45, 2.75) is 70.6 Å². The number of halogens is 1. The zero-order valence-corrected chi connectivity index (χ0v) is 22.0. The van der Waals surface area contributed by atoms with Gasteiger partial charge < -0.3 is 19.5 Å². The molecular formula is C28H32ClN3O4. The second-order valence-electron chi connectivity index (χ2n) is 10.5. The average Bonchev–Trinajstić information content (AvgIpc) is 2.77. The lowest BCUT2D eigenvalue weighted by molar-refractivity contribution is 0.0363. The van der Waals surface area contributed by atoms with Crippen LogP contribution in [-0.4, -0.2) is 34.0 Å². The largest absolute Gasteiger partial charge is 0.490 e. The molecule has 7 nitrogen and oxygen atoms in total. The summed E-state index contributed by atoms with van der Waals surface area (Å²) in [5.41, 5.74) is 1.62. The molecular weight excluding hydrogens is 478 g/mol. The van der Waals surface area contributed by atoms with E-state index in [0.29, 0.717) is 11.5 Å². The number of hydrogen-bond donors (Lipinski definition) is 1. The van der Waals surface area contributed by atoms with Crippen LogP contribution in [0.4, 0.5) is 4.79 Å². The van der Waals surface area contributed by atoms with Crippen molar-refractivity contribution < 1.29 is 19.0 Å². The van der Waals surface area contributed by atoms with Gasteiger partial charge in [-0.2, -0.15) is 5.10 Å².